The average molecular weight is 291 g/mol. The molecule has 0 spiro atoms. The van der Waals surface area contributed by atoms with Gasteiger partial charge in [-0.15, -0.1) is 0 Å². The van der Waals surface area contributed by atoms with Gasteiger partial charge in [-0.1, -0.05) is 0 Å². The monoisotopic (exact) mass is 291 g/mol. The van der Waals surface area contributed by atoms with Crippen molar-refractivity contribution < 1.29 is 22.7 Å². The minimum atomic E-state index is -3.11. The first-order valence-electron chi connectivity index (χ1n) is 5.96. The van der Waals surface area contributed by atoms with Crippen LogP contribution in [0.1, 0.15) is 19.3 Å². The van der Waals surface area contributed by atoms with Crippen molar-refractivity contribution >= 4 is 17.3 Å². The molecule has 1 amide bonds. The van der Waals surface area contributed by atoms with Crippen LogP contribution >= 0.6 is 0 Å². The highest BCUT2D eigenvalue weighted by Crippen LogP contribution is 2.29. The molecule has 0 heterocycles. The fraction of sp³-hybridized carbons (Fsp3) is 0.417. The summed E-state index contributed by atoms with van der Waals surface area (Å²) in [7, 11) is 0. The summed E-state index contributed by atoms with van der Waals surface area (Å²) in [4.78, 5) is 10.5. The van der Waals surface area contributed by atoms with E-state index >= 15 is 0 Å². The third-order valence-corrected chi connectivity index (χ3v) is 2.49. The summed E-state index contributed by atoms with van der Waals surface area (Å²) in [5.74, 6) is -1.92. The molecule has 5 nitrogen and oxygen atoms in total. The van der Waals surface area contributed by atoms with E-state index in [9.17, 15) is 18.0 Å². The summed E-state index contributed by atoms with van der Waals surface area (Å²) in [5, 5.41) is 2.86. The van der Waals surface area contributed by atoms with Gasteiger partial charge in [0.15, 0.2) is 11.6 Å². The maximum absolute atomic E-state index is 13.3. The third-order valence-electron chi connectivity index (χ3n) is 2.49. The zero-order chi connectivity index (χ0) is 15.1. The second kappa shape index (κ2) is 7.46. The van der Waals surface area contributed by atoms with E-state index in [4.69, 9.17) is 11.5 Å². The van der Waals surface area contributed by atoms with Crippen molar-refractivity contribution in [3.8, 4) is 5.75 Å². The molecular formula is C12H16F3N3O2. The van der Waals surface area contributed by atoms with Gasteiger partial charge >= 0.3 is 6.61 Å². The number of ether oxygens (including phenoxy) is 1. The van der Waals surface area contributed by atoms with Crippen molar-refractivity contribution in [3.63, 3.8) is 0 Å². The van der Waals surface area contributed by atoms with E-state index in [1.165, 1.54) is 0 Å². The van der Waals surface area contributed by atoms with Crippen molar-refractivity contribution in [2.24, 2.45) is 5.73 Å². The Labute approximate surface area is 114 Å². The molecule has 1 rings (SSSR count). The van der Waals surface area contributed by atoms with Gasteiger partial charge < -0.3 is 21.5 Å². The van der Waals surface area contributed by atoms with Gasteiger partial charge in [-0.25, -0.2) is 4.39 Å². The lowest BCUT2D eigenvalue weighted by molar-refractivity contribution is -0.118. The predicted molar refractivity (Wildman–Crippen MR) is 69.0 cm³/mol. The average Bonchev–Trinajstić information content (AvgIpc) is 2.33. The van der Waals surface area contributed by atoms with Crippen molar-refractivity contribution in [3.05, 3.63) is 17.9 Å². The molecule has 0 radical (unpaired) electrons. The van der Waals surface area contributed by atoms with Crippen molar-refractivity contribution in [2.45, 2.75) is 25.9 Å². The molecule has 1 aromatic rings. The van der Waals surface area contributed by atoms with E-state index in [1.54, 1.807) is 0 Å². The number of nitrogens with one attached hydrogen (secondary N) is 1. The number of unbranched alkanes of at least 4 members (excludes halogenated alkanes) is 1. The van der Waals surface area contributed by atoms with Gasteiger partial charge in [-0.05, 0) is 12.8 Å². The summed E-state index contributed by atoms with van der Waals surface area (Å²) >= 11 is 0. The number of carbonyl (C=O) groups excluding carboxylic acids is 1. The molecule has 0 saturated carbocycles. The van der Waals surface area contributed by atoms with Gasteiger partial charge in [0.25, 0.3) is 0 Å². The van der Waals surface area contributed by atoms with Gasteiger partial charge in [0.2, 0.25) is 5.91 Å². The molecule has 5 N–H and O–H groups in total. The number of nitrogens with two attached hydrogens (primary N) is 2. The quantitative estimate of drug-likeness (QED) is 0.505. The third kappa shape index (κ3) is 5.25. The first-order valence-corrected chi connectivity index (χ1v) is 5.96. The molecule has 0 aliphatic carbocycles. The Hall–Kier alpha value is -2.12. The van der Waals surface area contributed by atoms with Gasteiger partial charge in [0.05, 0.1) is 11.4 Å². The van der Waals surface area contributed by atoms with Crippen molar-refractivity contribution in [1.82, 2.24) is 0 Å². The van der Waals surface area contributed by atoms with Crippen LogP contribution in [0.4, 0.5) is 24.5 Å². The van der Waals surface area contributed by atoms with Gasteiger partial charge in [-0.2, -0.15) is 8.78 Å². The number of nitrogen functional groups attached to an aromatic ring is 1. The number of carbonyl (C=O) groups is 1. The molecule has 0 atom stereocenters. The zero-order valence-electron chi connectivity index (χ0n) is 10.7. The number of benzene rings is 1. The summed E-state index contributed by atoms with van der Waals surface area (Å²) in [6.45, 7) is -2.67. The van der Waals surface area contributed by atoms with Crippen LogP contribution in [0.15, 0.2) is 12.1 Å². The number of primary amides is 1. The molecule has 0 fully saturated rings. The Balaban J connectivity index is 2.58. The SMILES string of the molecule is NC(=O)CCCCNc1cc(OC(F)F)c(F)cc1N. The van der Waals surface area contributed by atoms with Crippen LogP contribution < -0.4 is 21.5 Å². The van der Waals surface area contributed by atoms with Crippen LogP contribution in [0, 0.1) is 5.82 Å². The first kappa shape index (κ1) is 15.9. The molecule has 0 bridgehead atoms. The topological polar surface area (TPSA) is 90.4 Å². The molecule has 1 aromatic carbocycles. The molecule has 0 unspecified atom stereocenters. The Bertz CT molecular complexity index is 470. The van der Waals surface area contributed by atoms with E-state index in [-0.39, 0.29) is 18.0 Å². The zero-order valence-corrected chi connectivity index (χ0v) is 10.7. The van der Waals surface area contributed by atoms with Gasteiger partial charge in [-0.3, -0.25) is 4.79 Å². The number of halogens is 3. The van der Waals surface area contributed by atoms with Gasteiger partial charge in [0.1, 0.15) is 0 Å². The lowest BCUT2D eigenvalue weighted by Gasteiger charge is -2.12. The van der Waals surface area contributed by atoms with Crippen LogP contribution in [-0.4, -0.2) is 19.1 Å². The Morgan fingerprint density at radius 1 is 1.35 bits per heavy atom. The predicted octanol–water partition coefficient (Wildman–Crippen LogP) is 2.08. The molecular weight excluding hydrogens is 275 g/mol. The molecule has 0 aromatic heterocycles. The van der Waals surface area contributed by atoms with Crippen molar-refractivity contribution in [1.29, 1.82) is 0 Å². The summed E-state index contributed by atoms with van der Waals surface area (Å²) < 4.78 is 41.5. The highest BCUT2D eigenvalue weighted by Gasteiger charge is 2.13. The number of hydrogen-bond donors (Lipinski definition) is 3. The minimum absolute atomic E-state index is 0.0824. The molecule has 0 aliphatic heterocycles. The second-order valence-electron chi connectivity index (χ2n) is 4.10. The van der Waals surface area contributed by atoms with Crippen LogP contribution in [0.3, 0.4) is 0 Å². The van der Waals surface area contributed by atoms with Crippen molar-refractivity contribution in [2.75, 3.05) is 17.6 Å². The van der Waals surface area contributed by atoms with E-state index < -0.39 is 18.2 Å². The summed E-state index contributed by atoms with van der Waals surface area (Å²) in [6.07, 6.45) is 1.48. The molecule has 20 heavy (non-hydrogen) atoms. The maximum Gasteiger partial charge on any atom is 0.387 e. The van der Waals surface area contributed by atoms with E-state index in [0.717, 1.165) is 12.1 Å². The highest BCUT2D eigenvalue weighted by molar-refractivity contribution is 5.73. The van der Waals surface area contributed by atoms with Crippen LogP contribution in [0.25, 0.3) is 0 Å². The number of rotatable bonds is 8. The molecule has 8 heteroatoms. The van der Waals surface area contributed by atoms with Crippen LogP contribution in [0.2, 0.25) is 0 Å². The summed E-state index contributed by atoms with van der Waals surface area (Å²) in [6, 6.07) is 1.98. The fourth-order valence-corrected chi connectivity index (χ4v) is 1.56. The molecule has 0 aliphatic rings. The maximum atomic E-state index is 13.3. The molecule has 0 saturated heterocycles. The van der Waals surface area contributed by atoms with E-state index in [1.807, 2.05) is 0 Å². The number of hydrogen-bond acceptors (Lipinski definition) is 4. The van der Waals surface area contributed by atoms with E-state index in [0.29, 0.717) is 25.1 Å². The second-order valence-corrected chi connectivity index (χ2v) is 4.10. The summed E-state index contributed by atoms with van der Waals surface area (Å²) in [5.41, 5.74) is 10.9. The number of anilines is 2. The number of amides is 1. The van der Waals surface area contributed by atoms with Crippen LogP contribution in [-0.2, 0) is 4.79 Å². The Kier molecular flexibility index (Phi) is 5.95. The Morgan fingerprint density at radius 2 is 2.05 bits per heavy atom. The lowest BCUT2D eigenvalue weighted by Crippen LogP contribution is -2.11. The smallest absolute Gasteiger partial charge is 0.387 e. The van der Waals surface area contributed by atoms with Crippen LogP contribution in [0.5, 0.6) is 5.75 Å². The fourth-order valence-electron chi connectivity index (χ4n) is 1.56. The standard InChI is InChI=1S/C12H16F3N3O2/c13-7-5-8(16)9(6-10(7)20-12(14)15)18-4-2-1-3-11(17)19/h5-6,12,18H,1-4,16H2,(H2,17,19). The molecule has 112 valence electrons. The normalized spacial score (nSPS) is 10.6. The lowest BCUT2D eigenvalue weighted by atomic mass is 10.2. The first-order chi connectivity index (χ1) is 9.40. The number of alkyl halides is 2. The highest BCUT2D eigenvalue weighted by atomic mass is 19.3. The Morgan fingerprint density at radius 3 is 2.65 bits per heavy atom. The largest absolute Gasteiger partial charge is 0.432 e. The minimum Gasteiger partial charge on any atom is -0.432 e. The van der Waals surface area contributed by atoms with E-state index in [2.05, 4.69) is 10.1 Å². The van der Waals surface area contributed by atoms with Gasteiger partial charge in [0, 0.05) is 25.1 Å².